The molecule has 6 aromatic rings. The first kappa shape index (κ1) is 107. The maximum Gasteiger partial charge on any atom is 0.408 e. The third kappa shape index (κ3) is 43.3. The van der Waals surface area contributed by atoms with Crippen LogP contribution in [0.2, 0.25) is 26.3 Å². The van der Waals surface area contributed by atoms with E-state index in [1.165, 1.54) is 110 Å². The molecule has 7 atom stereocenters. The van der Waals surface area contributed by atoms with Gasteiger partial charge in [0.05, 0.1) is 91.2 Å². The number of hydrogen-bond acceptors (Lipinski definition) is 31. The molecule has 0 unspecified atom stereocenters. The standard InChI is InChI=1S/C19H24ClN3O3.C12H10Cl2N2O2.C12H21NO4.C11H16ClN3O2.C11H14ClN3O.C7H13NO2.C7H15NO.C6H11NO2.Cl2OS/c1-23(15(11-24)9-13-3-4-13)18-17(10-21-19(20)22-18)26-12-14-5-7-16(25-2)8-6-14;1-17-9-4-2-8(3-5-9)7-18-10-6-15-12(14)16-11(10)13;1-12(2,3)17-11(15)13-9(10(14)16-4)7-8-5-6-8;1-15(8(6-16)4-7-2-3-7)10-9(17)5-13-11(12)14-10;1-15-8(4-7-2-3-7)6-16-9-5-13-11(12)14-10(9)15;1-10-7(9)6(8)4-5-2-3-5;1-8-7(5-9)4-6-2-3-6;7-5(6(8)9)3-4-1-2-4;1-4(2)3/h5-8,10,13,15,24H,3-4,9,11-12H2,1-2H3;2-6H,7H2,1H3;8-9H,5-7H2,1-4H3,(H,13,15);5,7-8,16-17H,2-4,6H2,1H3;5,7-8H,2-4,6H2,1H3;5-6H,2-4,8H2,1H3;6-9H,2-5H2,1H3;4-5H,1-3,7H2,(H,8,9);/t15-;;9-;2*8-;6-;7-;5-;/m0.000000./s1. The first-order valence-electron chi connectivity index (χ1n) is 41.9. The number of carboxylic acids is 1. The Kier molecular flexibility index (Phi) is 47.3. The highest BCUT2D eigenvalue weighted by Gasteiger charge is 2.36. The number of aromatic hydroxyl groups is 1. The van der Waals surface area contributed by atoms with Gasteiger partial charge in [-0.05, 0) is 196 Å². The molecule has 11 N–H and O–H groups in total. The maximum absolute atomic E-state index is 11.6. The van der Waals surface area contributed by atoms with E-state index < -0.39 is 51.0 Å². The monoisotopic (exact) mass is 1920 g/mol. The van der Waals surface area contributed by atoms with E-state index in [4.69, 9.17) is 112 Å². The number of anilines is 3. The van der Waals surface area contributed by atoms with Gasteiger partial charge in [0.25, 0.3) is 0 Å². The number of methoxy groups -OCH3 is 4. The third-order valence-corrected chi connectivity index (χ3v) is 22.1. The molecule has 7 saturated carbocycles. The van der Waals surface area contributed by atoms with E-state index >= 15 is 0 Å². The number of carbonyl (C=O) groups excluding carboxylic acids is 3. The summed E-state index contributed by atoms with van der Waals surface area (Å²) in [5.74, 6) is 8.45. The second kappa shape index (κ2) is 55.6. The number of aromatic nitrogens is 8. The molecule has 8 aliphatic rings. The molecule has 14 rings (SSSR count). The van der Waals surface area contributed by atoms with Crippen molar-refractivity contribution in [1.82, 2.24) is 50.5 Å². The first-order chi connectivity index (χ1) is 60.0. The number of aliphatic hydroxyl groups excluding tert-OH is 3. The Balaban J connectivity index is 0.000000226. The molecule has 41 heteroatoms. The summed E-state index contributed by atoms with van der Waals surface area (Å²) in [6.07, 6.45) is 29.1. The lowest BCUT2D eigenvalue weighted by Gasteiger charge is -2.34. The molecule has 2 aromatic carbocycles. The summed E-state index contributed by atoms with van der Waals surface area (Å²) in [5, 5.41) is 52.4. The lowest BCUT2D eigenvalue weighted by molar-refractivity contribution is -0.143. The summed E-state index contributed by atoms with van der Waals surface area (Å²) in [6.45, 7) is 7.19. The molecule has 0 bridgehead atoms. The van der Waals surface area contributed by atoms with Crippen molar-refractivity contribution in [3.05, 3.63) is 111 Å². The van der Waals surface area contributed by atoms with Crippen LogP contribution in [0.5, 0.6) is 34.5 Å². The van der Waals surface area contributed by atoms with Crippen LogP contribution in [0.1, 0.15) is 167 Å². The Bertz CT molecular complexity index is 4270. The Hall–Kier alpha value is -7.42. The van der Waals surface area contributed by atoms with E-state index in [0.717, 1.165) is 91.2 Å². The Morgan fingerprint density at radius 3 is 1.42 bits per heavy atom. The molecule has 0 radical (unpaired) electrons. The number of alkyl carbamates (subject to hydrolysis) is 1. The molecule has 0 saturated heterocycles. The number of halogens is 7. The van der Waals surface area contributed by atoms with Crippen molar-refractivity contribution in [2.24, 2.45) is 52.9 Å². The number of carbonyl (C=O) groups is 4. The fourth-order valence-electron chi connectivity index (χ4n) is 12.5. The molecular formula is C85H124Cl7N15O18S. The topological polar surface area (TPSA) is 449 Å². The quantitative estimate of drug-likeness (QED) is 0.00595. The normalized spacial score (nSPS) is 17.1. The molecule has 7 fully saturated rings. The van der Waals surface area contributed by atoms with Crippen molar-refractivity contribution in [1.29, 1.82) is 0 Å². The van der Waals surface area contributed by atoms with E-state index in [1.54, 1.807) is 59.3 Å². The van der Waals surface area contributed by atoms with Gasteiger partial charge in [-0.2, -0.15) is 15.0 Å². The predicted octanol–water partition coefficient (Wildman–Crippen LogP) is 14.0. The zero-order valence-corrected chi connectivity index (χ0v) is 79.4. The highest BCUT2D eigenvalue weighted by atomic mass is 36.0. The zero-order chi connectivity index (χ0) is 92.7. The number of nitrogens with one attached hydrogen (secondary N) is 2. The molecule has 4 aromatic heterocycles. The van der Waals surface area contributed by atoms with Gasteiger partial charge in [-0.15, -0.1) is 0 Å². The SMILES string of the molecule is CN(c1nc(Cl)ncc1O)[C@H](CO)CC1CC1.CN1c2nc(Cl)ncc2OC[C@@H]1CC1CC1.CN[C@H](CO)CC1CC1.COC(=O)[C@@H](N)CC1CC1.COC(=O)[C@H](CC1CC1)NC(=O)OC(C)(C)C.COc1ccc(COc2cnc(Cl)nc2Cl)cc1.COc1ccc(COc2cnc(Cl)nc2N(C)[C@H](CO)CC2CC2)cc1.N[C@@H](CC1CC1)C(=O)O.O=S(Cl)Cl. The number of nitrogens with two attached hydrogens (primary N) is 2. The molecule has 0 spiro atoms. The Labute approximate surface area is 774 Å². The molecule has 126 heavy (non-hydrogen) atoms. The van der Waals surface area contributed by atoms with Crippen molar-refractivity contribution in [2.75, 3.05) is 97.8 Å². The minimum absolute atomic E-state index is 0.0168. The Morgan fingerprint density at radius 2 is 0.984 bits per heavy atom. The van der Waals surface area contributed by atoms with Crippen LogP contribution in [0.3, 0.4) is 0 Å². The van der Waals surface area contributed by atoms with Gasteiger partial charge in [0, 0.05) is 48.5 Å². The van der Waals surface area contributed by atoms with Crippen molar-refractivity contribution in [3.8, 4) is 34.5 Å². The summed E-state index contributed by atoms with van der Waals surface area (Å²) in [4.78, 5) is 81.6. The van der Waals surface area contributed by atoms with Gasteiger partial charge < -0.3 is 100 Å². The minimum Gasteiger partial charge on any atom is -0.503 e. The number of fused-ring (bicyclic) bond motifs is 1. The van der Waals surface area contributed by atoms with Crippen molar-refractivity contribution >= 4 is 130 Å². The van der Waals surface area contributed by atoms with Gasteiger partial charge in [-0.3, -0.25) is 9.59 Å². The van der Waals surface area contributed by atoms with Gasteiger partial charge in [0.2, 0.25) is 30.4 Å². The fourth-order valence-corrected chi connectivity index (χ4v) is 13.2. The highest BCUT2D eigenvalue weighted by Crippen LogP contribution is 2.42. The molecule has 1 aliphatic heterocycles. The number of nitrogens with zero attached hydrogens (tertiary/aromatic N) is 11. The molecule has 33 nitrogen and oxygen atoms in total. The summed E-state index contributed by atoms with van der Waals surface area (Å²) < 4.78 is 50.7. The average molecular weight is 1920 g/mol. The molecule has 1 amide bonds. The van der Waals surface area contributed by atoms with Crippen LogP contribution in [-0.2, 0) is 51.0 Å². The zero-order valence-electron chi connectivity index (χ0n) is 73.3. The molecular weight excluding hydrogens is 1800 g/mol. The summed E-state index contributed by atoms with van der Waals surface area (Å²) in [7, 11) is 21.0. The number of esters is 2. The predicted molar refractivity (Wildman–Crippen MR) is 488 cm³/mol. The van der Waals surface area contributed by atoms with Crippen LogP contribution in [0, 0.1) is 41.4 Å². The molecule has 5 heterocycles. The van der Waals surface area contributed by atoms with Crippen LogP contribution >= 0.6 is 79.4 Å². The second-order valence-corrected chi connectivity index (χ2v) is 37.2. The van der Waals surface area contributed by atoms with Gasteiger partial charge >= 0.3 is 24.0 Å². The number of hydrogen-bond donors (Lipinski definition) is 9. The van der Waals surface area contributed by atoms with E-state index in [0.29, 0.717) is 90.9 Å². The molecule has 7 aliphatic carbocycles. The van der Waals surface area contributed by atoms with E-state index in [9.17, 15) is 34.5 Å². The van der Waals surface area contributed by atoms with E-state index in [1.807, 2.05) is 67.5 Å². The van der Waals surface area contributed by atoms with Crippen molar-refractivity contribution < 1.29 is 86.8 Å². The average Bonchev–Trinajstić information content (AvgIpc) is 1.47. The van der Waals surface area contributed by atoms with Gasteiger partial charge in [0.1, 0.15) is 55.0 Å². The summed E-state index contributed by atoms with van der Waals surface area (Å²) in [6, 6.07) is 14.3. The van der Waals surface area contributed by atoms with Crippen LogP contribution < -0.4 is 60.5 Å². The maximum atomic E-state index is 11.6. The second-order valence-electron chi connectivity index (χ2n) is 32.9. The Morgan fingerprint density at radius 1 is 0.571 bits per heavy atom. The first-order valence-corrected chi connectivity index (χ1v) is 46.6. The van der Waals surface area contributed by atoms with Crippen LogP contribution in [0.4, 0.5) is 22.2 Å². The number of carboxylic acid groups (broad SMARTS) is 1. The number of likely N-dealkylation sites (N-methyl/N-ethyl adjacent to an activating group) is 4. The largest absolute Gasteiger partial charge is 0.503 e. The lowest BCUT2D eigenvalue weighted by atomic mass is 10.1. The smallest absolute Gasteiger partial charge is 0.408 e. The van der Waals surface area contributed by atoms with E-state index in [2.05, 4.69) is 93.3 Å². The fraction of sp³-hybridized carbons (Fsp3) is 0.624. The highest BCUT2D eigenvalue weighted by molar-refractivity contribution is 8.26. The third-order valence-electron chi connectivity index (χ3n) is 21.1. The van der Waals surface area contributed by atoms with Gasteiger partial charge in [0.15, 0.2) is 45.6 Å². The van der Waals surface area contributed by atoms with Gasteiger partial charge in [-0.25, -0.2) is 38.7 Å². The number of aliphatic hydroxyl groups is 3. The number of aliphatic carboxylic acids is 1. The lowest BCUT2D eigenvalue weighted by Crippen LogP contribution is -2.44. The summed E-state index contributed by atoms with van der Waals surface area (Å²) >= 11 is 29.0. The van der Waals surface area contributed by atoms with Crippen molar-refractivity contribution in [2.45, 2.75) is 217 Å². The molecule has 702 valence electrons. The van der Waals surface area contributed by atoms with Crippen LogP contribution in [0.15, 0.2) is 73.3 Å². The number of amides is 1. The number of rotatable bonds is 34. The number of ether oxygens (including phenoxy) is 8. The van der Waals surface area contributed by atoms with Crippen LogP contribution in [-0.4, -0.2) is 225 Å². The van der Waals surface area contributed by atoms with Crippen molar-refractivity contribution in [3.63, 3.8) is 0 Å². The summed E-state index contributed by atoms with van der Waals surface area (Å²) in [5.41, 5.74) is 12.2. The van der Waals surface area contributed by atoms with Gasteiger partial charge in [-0.1, -0.05) is 126 Å². The van der Waals surface area contributed by atoms with Crippen LogP contribution in [0.25, 0.3) is 0 Å². The van der Waals surface area contributed by atoms with E-state index in [-0.39, 0.29) is 69.9 Å². The minimum atomic E-state index is -1.67. The number of benzene rings is 2.